The van der Waals surface area contributed by atoms with E-state index < -0.39 is 0 Å². The average molecular weight is 224 g/mol. The number of carbonyl (C=O) groups is 1. The molecule has 2 heterocycles. The Balaban J connectivity index is 1.67. The Morgan fingerprint density at radius 1 is 1.44 bits per heavy atom. The van der Waals surface area contributed by atoms with Crippen molar-refractivity contribution in [2.24, 2.45) is 17.3 Å². The normalized spacial score (nSPS) is 32.6. The van der Waals surface area contributed by atoms with Gasteiger partial charge in [-0.2, -0.15) is 0 Å². The molecule has 2 aliphatic heterocycles. The number of nitrogens with one attached hydrogen (secondary N) is 1. The smallest absolute Gasteiger partial charge is 0.228 e. The second-order valence-electron chi connectivity index (χ2n) is 5.67. The summed E-state index contributed by atoms with van der Waals surface area (Å²) in [5.41, 5.74) is 0.279. The predicted molar refractivity (Wildman–Crippen MR) is 59.8 cm³/mol. The van der Waals surface area contributed by atoms with Crippen molar-refractivity contribution in [3.05, 3.63) is 0 Å². The van der Waals surface area contributed by atoms with Gasteiger partial charge in [0.25, 0.3) is 0 Å². The Bertz CT molecular complexity index is 297. The lowest BCUT2D eigenvalue weighted by Crippen LogP contribution is -2.52. The van der Waals surface area contributed by atoms with Crippen LogP contribution in [0.3, 0.4) is 0 Å². The Morgan fingerprint density at radius 3 is 2.56 bits per heavy atom. The molecule has 1 saturated carbocycles. The fraction of sp³-hybridized carbons (Fsp3) is 0.917. The molecule has 3 rings (SSSR count). The van der Waals surface area contributed by atoms with Gasteiger partial charge in [-0.1, -0.05) is 6.42 Å². The summed E-state index contributed by atoms with van der Waals surface area (Å²) < 4.78 is 0. The maximum atomic E-state index is 12.1. The van der Waals surface area contributed by atoms with Gasteiger partial charge in [0.1, 0.15) is 0 Å². The highest BCUT2D eigenvalue weighted by atomic mass is 16.3. The predicted octanol–water partition coefficient (Wildman–Crippen LogP) is -0.173. The molecule has 3 fully saturated rings. The number of amides is 1. The molecule has 1 amide bonds. The molecule has 90 valence electrons. The van der Waals surface area contributed by atoms with Gasteiger partial charge in [-0.3, -0.25) is 4.79 Å². The Labute approximate surface area is 96.0 Å². The van der Waals surface area contributed by atoms with Crippen LogP contribution in [0.25, 0.3) is 0 Å². The Hall–Kier alpha value is -0.610. The molecule has 0 bridgehead atoms. The summed E-state index contributed by atoms with van der Waals surface area (Å²) in [6.07, 6.45) is 3.67. The summed E-state index contributed by atoms with van der Waals surface area (Å²) in [6, 6.07) is 0. The van der Waals surface area contributed by atoms with Crippen molar-refractivity contribution >= 4 is 5.91 Å². The second kappa shape index (κ2) is 3.70. The van der Waals surface area contributed by atoms with Crippen LogP contribution in [0, 0.1) is 17.3 Å². The van der Waals surface area contributed by atoms with Crippen LogP contribution in [-0.4, -0.2) is 48.7 Å². The van der Waals surface area contributed by atoms with E-state index in [2.05, 4.69) is 5.32 Å². The van der Waals surface area contributed by atoms with Crippen molar-refractivity contribution in [1.29, 1.82) is 0 Å². The fourth-order valence-electron chi connectivity index (χ4n) is 3.37. The largest absolute Gasteiger partial charge is 0.396 e. The standard InChI is InChI=1S/C12H20N2O2/c15-7-10-6-14(8-12(10)2-1-3-12)11(16)9-4-13-5-9/h9-10,13,15H,1-8H2. The van der Waals surface area contributed by atoms with Crippen molar-refractivity contribution in [1.82, 2.24) is 10.2 Å². The third-order valence-corrected chi connectivity index (χ3v) is 4.82. The molecular formula is C12H20N2O2. The van der Waals surface area contributed by atoms with E-state index in [0.717, 1.165) is 26.2 Å². The van der Waals surface area contributed by atoms with Crippen molar-refractivity contribution in [2.75, 3.05) is 32.8 Å². The molecular weight excluding hydrogens is 204 g/mol. The van der Waals surface area contributed by atoms with Crippen LogP contribution >= 0.6 is 0 Å². The van der Waals surface area contributed by atoms with E-state index in [4.69, 9.17) is 0 Å². The zero-order valence-electron chi connectivity index (χ0n) is 9.61. The Morgan fingerprint density at radius 2 is 2.19 bits per heavy atom. The third kappa shape index (κ3) is 1.39. The first kappa shape index (κ1) is 10.5. The number of hydrogen-bond acceptors (Lipinski definition) is 3. The van der Waals surface area contributed by atoms with E-state index in [1.807, 2.05) is 4.90 Å². The van der Waals surface area contributed by atoms with Crippen LogP contribution in [0.1, 0.15) is 19.3 Å². The van der Waals surface area contributed by atoms with Crippen molar-refractivity contribution in [3.8, 4) is 0 Å². The maximum Gasteiger partial charge on any atom is 0.228 e. The molecule has 4 nitrogen and oxygen atoms in total. The van der Waals surface area contributed by atoms with Crippen molar-refractivity contribution in [2.45, 2.75) is 19.3 Å². The summed E-state index contributed by atoms with van der Waals surface area (Å²) in [4.78, 5) is 14.1. The second-order valence-corrected chi connectivity index (χ2v) is 5.67. The van der Waals surface area contributed by atoms with E-state index in [9.17, 15) is 9.90 Å². The van der Waals surface area contributed by atoms with Crippen molar-refractivity contribution < 1.29 is 9.90 Å². The number of hydrogen-bond donors (Lipinski definition) is 2. The SMILES string of the molecule is O=C(C1CNC1)N1CC(CO)C2(CCC2)C1. The molecule has 16 heavy (non-hydrogen) atoms. The van der Waals surface area contributed by atoms with Crippen molar-refractivity contribution in [3.63, 3.8) is 0 Å². The minimum atomic E-state index is 0.203. The lowest BCUT2D eigenvalue weighted by atomic mass is 9.63. The van der Waals surface area contributed by atoms with Gasteiger partial charge in [-0.25, -0.2) is 0 Å². The van der Waals surface area contributed by atoms with Gasteiger partial charge in [0.2, 0.25) is 5.91 Å². The molecule has 0 aromatic rings. The number of likely N-dealkylation sites (tertiary alicyclic amines) is 1. The number of nitrogens with zero attached hydrogens (tertiary/aromatic N) is 1. The van der Waals surface area contributed by atoms with E-state index in [1.165, 1.54) is 19.3 Å². The van der Waals surface area contributed by atoms with Gasteiger partial charge < -0.3 is 15.3 Å². The van der Waals surface area contributed by atoms with Crippen LogP contribution in [0.5, 0.6) is 0 Å². The quantitative estimate of drug-likeness (QED) is 0.684. The summed E-state index contributed by atoms with van der Waals surface area (Å²) in [7, 11) is 0. The highest BCUT2D eigenvalue weighted by Crippen LogP contribution is 2.51. The van der Waals surface area contributed by atoms with E-state index in [0.29, 0.717) is 11.8 Å². The van der Waals surface area contributed by atoms with Crippen LogP contribution < -0.4 is 5.32 Å². The number of carbonyl (C=O) groups excluding carboxylic acids is 1. The van der Waals surface area contributed by atoms with Gasteiger partial charge in [-0.05, 0) is 18.3 Å². The highest BCUT2D eigenvalue weighted by Gasteiger charge is 2.51. The number of aliphatic hydroxyl groups is 1. The summed E-state index contributed by atoms with van der Waals surface area (Å²) in [6.45, 7) is 3.60. The lowest BCUT2D eigenvalue weighted by molar-refractivity contribution is -0.136. The van der Waals surface area contributed by atoms with Gasteiger partial charge in [0.05, 0.1) is 5.92 Å². The summed E-state index contributed by atoms with van der Waals surface area (Å²) >= 11 is 0. The van der Waals surface area contributed by atoms with Crippen LogP contribution in [0.4, 0.5) is 0 Å². The first-order valence-electron chi connectivity index (χ1n) is 6.35. The first-order valence-corrected chi connectivity index (χ1v) is 6.35. The van der Waals surface area contributed by atoms with Gasteiger partial charge in [0.15, 0.2) is 0 Å². The maximum absolute atomic E-state index is 12.1. The molecule has 4 heteroatoms. The zero-order valence-corrected chi connectivity index (χ0v) is 9.61. The van der Waals surface area contributed by atoms with Crippen LogP contribution in [-0.2, 0) is 4.79 Å². The van der Waals surface area contributed by atoms with E-state index in [1.54, 1.807) is 0 Å². The molecule has 0 aromatic heterocycles. The highest BCUT2D eigenvalue weighted by molar-refractivity contribution is 5.80. The topological polar surface area (TPSA) is 52.6 Å². The summed E-state index contributed by atoms with van der Waals surface area (Å²) in [5, 5.41) is 12.6. The lowest BCUT2D eigenvalue weighted by Gasteiger charge is -2.42. The van der Waals surface area contributed by atoms with Gasteiger partial charge in [-0.15, -0.1) is 0 Å². The Kier molecular flexibility index (Phi) is 2.44. The molecule has 1 atom stereocenters. The minimum Gasteiger partial charge on any atom is -0.396 e. The zero-order chi connectivity index (χ0) is 11.2. The molecule has 2 N–H and O–H groups in total. The van der Waals surface area contributed by atoms with Gasteiger partial charge in [0, 0.05) is 38.7 Å². The van der Waals surface area contributed by atoms with Gasteiger partial charge >= 0.3 is 0 Å². The third-order valence-electron chi connectivity index (χ3n) is 4.82. The minimum absolute atomic E-state index is 0.203. The molecule has 1 aliphatic carbocycles. The molecule has 0 radical (unpaired) electrons. The molecule has 2 saturated heterocycles. The molecule has 1 spiro atoms. The van der Waals surface area contributed by atoms with E-state index >= 15 is 0 Å². The monoisotopic (exact) mass is 224 g/mol. The van der Waals surface area contributed by atoms with E-state index in [-0.39, 0.29) is 17.9 Å². The molecule has 0 aromatic carbocycles. The molecule has 3 aliphatic rings. The first-order chi connectivity index (χ1) is 7.75. The molecule has 1 unspecified atom stereocenters. The average Bonchev–Trinajstić information content (AvgIpc) is 2.53. The number of rotatable bonds is 2. The van der Waals surface area contributed by atoms with Crippen LogP contribution in [0.2, 0.25) is 0 Å². The van der Waals surface area contributed by atoms with Crippen LogP contribution in [0.15, 0.2) is 0 Å². The number of aliphatic hydroxyl groups excluding tert-OH is 1. The summed E-state index contributed by atoms with van der Waals surface area (Å²) in [5.74, 6) is 0.841. The fourth-order valence-corrected chi connectivity index (χ4v) is 3.37.